The van der Waals surface area contributed by atoms with Gasteiger partial charge < -0.3 is 19.9 Å². The number of halogens is 1. The van der Waals surface area contributed by atoms with Crippen molar-refractivity contribution in [1.29, 1.82) is 0 Å². The minimum absolute atomic E-state index is 0.0262. The van der Waals surface area contributed by atoms with E-state index in [1.165, 1.54) is 6.07 Å². The average Bonchev–Trinajstić information content (AvgIpc) is 3.14. The maximum absolute atomic E-state index is 14.7. The molecule has 0 aliphatic carbocycles. The third kappa shape index (κ3) is 3.79. The van der Waals surface area contributed by atoms with Gasteiger partial charge in [0.2, 0.25) is 11.8 Å². The molecule has 1 N–H and O–H groups in total. The Labute approximate surface area is 197 Å². The van der Waals surface area contributed by atoms with Gasteiger partial charge >= 0.3 is 0 Å². The Morgan fingerprint density at radius 2 is 1.88 bits per heavy atom. The van der Waals surface area contributed by atoms with Crippen LogP contribution in [0.25, 0.3) is 0 Å². The van der Waals surface area contributed by atoms with E-state index in [0.29, 0.717) is 61.8 Å². The number of para-hydroxylation sites is 1. The number of nitrogens with one attached hydrogen (secondary N) is 1. The van der Waals surface area contributed by atoms with Crippen molar-refractivity contribution in [2.24, 2.45) is 0 Å². The van der Waals surface area contributed by atoms with Crippen molar-refractivity contribution in [1.82, 2.24) is 4.90 Å². The van der Waals surface area contributed by atoms with Crippen LogP contribution in [0.5, 0.6) is 0 Å². The number of hydrogen-bond donors (Lipinski definition) is 1. The molecule has 1 atom stereocenters. The lowest BCUT2D eigenvalue weighted by Crippen LogP contribution is -2.62. The molecule has 3 heterocycles. The number of ether oxygens (including phenoxy) is 1. The first kappa shape index (κ1) is 22.3. The fourth-order valence-corrected chi connectivity index (χ4v) is 5.12. The number of benzene rings is 2. The average molecular weight is 467 g/mol. The largest absolute Gasteiger partial charge is 0.378 e. The Morgan fingerprint density at radius 3 is 2.65 bits per heavy atom. The van der Waals surface area contributed by atoms with E-state index in [9.17, 15) is 18.8 Å². The quantitative estimate of drug-likeness (QED) is 0.733. The van der Waals surface area contributed by atoms with Crippen LogP contribution >= 0.6 is 0 Å². The summed E-state index contributed by atoms with van der Waals surface area (Å²) < 4.78 is 20.0. The molecule has 0 bridgehead atoms. The van der Waals surface area contributed by atoms with Crippen molar-refractivity contribution in [3.05, 3.63) is 53.8 Å². The third-order valence-electron chi connectivity index (χ3n) is 6.89. The zero-order valence-electron chi connectivity index (χ0n) is 19.1. The molecule has 2 saturated heterocycles. The van der Waals surface area contributed by atoms with Gasteiger partial charge in [0, 0.05) is 38.2 Å². The van der Waals surface area contributed by atoms with E-state index in [-0.39, 0.29) is 30.7 Å². The van der Waals surface area contributed by atoms with E-state index in [1.54, 1.807) is 40.1 Å². The molecule has 0 radical (unpaired) electrons. The maximum Gasteiger partial charge on any atom is 0.257 e. The topological polar surface area (TPSA) is 82.2 Å². The van der Waals surface area contributed by atoms with Crippen LogP contribution in [0.15, 0.2) is 42.5 Å². The van der Waals surface area contributed by atoms with Gasteiger partial charge in [0.25, 0.3) is 5.91 Å². The molecule has 2 aromatic rings. The van der Waals surface area contributed by atoms with Gasteiger partial charge in [-0.05, 0) is 43.7 Å². The summed E-state index contributed by atoms with van der Waals surface area (Å²) in [5.41, 5.74) is 1.11. The summed E-state index contributed by atoms with van der Waals surface area (Å²) in [7, 11) is 0. The summed E-state index contributed by atoms with van der Waals surface area (Å²) in [4.78, 5) is 43.8. The van der Waals surface area contributed by atoms with Gasteiger partial charge in [-0.15, -0.1) is 0 Å². The van der Waals surface area contributed by atoms with Crippen molar-refractivity contribution < 1.29 is 23.5 Å². The number of carbonyl (C=O) groups is 3. The first-order valence-electron chi connectivity index (χ1n) is 11.5. The number of fused-ring (bicyclic) bond motifs is 3. The zero-order chi connectivity index (χ0) is 23.9. The smallest absolute Gasteiger partial charge is 0.257 e. The van der Waals surface area contributed by atoms with E-state index in [0.717, 1.165) is 0 Å². The molecule has 3 aliphatic heterocycles. The lowest BCUT2D eigenvalue weighted by Gasteiger charge is -2.48. The second-order valence-corrected chi connectivity index (χ2v) is 8.98. The van der Waals surface area contributed by atoms with Crippen LogP contribution in [-0.2, 0) is 14.3 Å². The van der Waals surface area contributed by atoms with Crippen LogP contribution in [0.1, 0.15) is 36.5 Å². The second-order valence-electron chi connectivity index (χ2n) is 8.98. The summed E-state index contributed by atoms with van der Waals surface area (Å²) in [6.45, 7) is 4.36. The van der Waals surface area contributed by atoms with Crippen molar-refractivity contribution >= 4 is 34.8 Å². The van der Waals surface area contributed by atoms with Crippen LogP contribution in [0, 0.1) is 5.82 Å². The van der Waals surface area contributed by atoms with E-state index in [2.05, 4.69) is 5.32 Å². The lowest BCUT2D eigenvalue weighted by atomic mass is 9.98. The van der Waals surface area contributed by atoms with Crippen molar-refractivity contribution in [3.63, 3.8) is 0 Å². The summed E-state index contributed by atoms with van der Waals surface area (Å²) in [5, 5.41) is 2.73. The van der Waals surface area contributed by atoms with Gasteiger partial charge in [-0.3, -0.25) is 19.3 Å². The highest BCUT2D eigenvalue weighted by Crippen LogP contribution is 2.44. The number of hydrogen-bond acceptors (Lipinski definition) is 5. The van der Waals surface area contributed by atoms with Crippen LogP contribution in [-0.4, -0.2) is 61.1 Å². The maximum atomic E-state index is 14.7. The van der Waals surface area contributed by atoms with E-state index in [1.807, 2.05) is 17.9 Å². The van der Waals surface area contributed by atoms with Crippen LogP contribution < -0.4 is 15.1 Å². The van der Waals surface area contributed by atoms with Gasteiger partial charge in [0.05, 0.1) is 30.2 Å². The second kappa shape index (κ2) is 8.72. The molecule has 0 saturated carbocycles. The molecule has 0 aromatic heterocycles. The van der Waals surface area contributed by atoms with Gasteiger partial charge in [0.15, 0.2) is 0 Å². The molecular weight excluding hydrogens is 439 g/mol. The fourth-order valence-electron chi connectivity index (χ4n) is 5.12. The monoisotopic (exact) mass is 466 g/mol. The molecule has 5 rings (SSSR count). The molecule has 8 nitrogen and oxygen atoms in total. The highest BCUT2D eigenvalue weighted by atomic mass is 19.1. The fraction of sp³-hybridized carbons (Fsp3) is 0.400. The molecule has 3 amide bonds. The number of morpholine rings is 1. The number of carbonyl (C=O) groups excluding carboxylic acids is 3. The Balaban J connectivity index is 1.28. The van der Waals surface area contributed by atoms with Crippen molar-refractivity contribution in [2.75, 3.05) is 48.0 Å². The zero-order valence-corrected chi connectivity index (χ0v) is 19.1. The number of amides is 3. The normalized spacial score (nSPS) is 22.0. The first-order valence-corrected chi connectivity index (χ1v) is 11.5. The standard InChI is InChI=1S/C25H27FN4O4/c1-25-10-8-23(32)30(25)20-5-3-2-4-18(20)24(33)29(25)11-9-22(31)27-17-6-7-21(19(26)16-17)28-12-14-34-15-13-28/h2-7,16H,8-15H2,1H3,(H,27,31). The first-order chi connectivity index (χ1) is 16.4. The molecule has 1 unspecified atom stereocenters. The van der Waals surface area contributed by atoms with E-state index >= 15 is 0 Å². The van der Waals surface area contributed by atoms with Gasteiger partial charge in [0.1, 0.15) is 11.5 Å². The van der Waals surface area contributed by atoms with E-state index < -0.39 is 11.5 Å². The van der Waals surface area contributed by atoms with E-state index in [4.69, 9.17) is 4.74 Å². The Hall–Kier alpha value is -3.46. The highest BCUT2D eigenvalue weighted by molar-refractivity contribution is 6.10. The lowest BCUT2D eigenvalue weighted by molar-refractivity contribution is -0.117. The molecule has 34 heavy (non-hydrogen) atoms. The SMILES string of the molecule is CC12CCC(=O)N1c1ccccc1C(=O)N2CCC(=O)Nc1ccc(N2CCOCC2)c(F)c1. The summed E-state index contributed by atoms with van der Waals surface area (Å²) in [5.74, 6) is -0.967. The Morgan fingerprint density at radius 1 is 1.12 bits per heavy atom. The summed E-state index contributed by atoms with van der Waals surface area (Å²) in [6.07, 6.45) is 0.871. The minimum atomic E-state index is -0.811. The molecule has 9 heteroatoms. The Kier molecular flexibility index (Phi) is 5.73. The van der Waals surface area contributed by atoms with Crippen LogP contribution in [0.4, 0.5) is 21.5 Å². The number of anilines is 3. The molecule has 0 spiro atoms. The number of nitrogens with zero attached hydrogens (tertiary/aromatic N) is 3. The van der Waals surface area contributed by atoms with Gasteiger partial charge in [-0.25, -0.2) is 4.39 Å². The molecule has 178 valence electrons. The highest BCUT2D eigenvalue weighted by Gasteiger charge is 2.52. The predicted octanol–water partition coefficient (Wildman–Crippen LogP) is 2.99. The molecule has 2 aromatic carbocycles. The van der Waals surface area contributed by atoms with Crippen LogP contribution in [0.3, 0.4) is 0 Å². The Bertz CT molecular complexity index is 1150. The summed E-state index contributed by atoms with van der Waals surface area (Å²) in [6, 6.07) is 11.7. The summed E-state index contributed by atoms with van der Waals surface area (Å²) >= 11 is 0. The van der Waals surface area contributed by atoms with Gasteiger partial charge in [-0.1, -0.05) is 12.1 Å². The third-order valence-corrected chi connectivity index (χ3v) is 6.89. The molecule has 2 fully saturated rings. The van der Waals surface area contributed by atoms with Crippen molar-refractivity contribution in [2.45, 2.75) is 31.8 Å². The minimum Gasteiger partial charge on any atom is -0.378 e. The number of rotatable bonds is 5. The molecular formula is C25H27FN4O4. The predicted molar refractivity (Wildman–Crippen MR) is 125 cm³/mol. The van der Waals surface area contributed by atoms with Gasteiger partial charge in [-0.2, -0.15) is 0 Å². The molecule has 3 aliphatic rings. The van der Waals surface area contributed by atoms with Crippen molar-refractivity contribution in [3.8, 4) is 0 Å². The van der Waals surface area contributed by atoms with Crippen LogP contribution in [0.2, 0.25) is 0 Å².